The molecule has 0 aromatic heterocycles. The molecule has 0 aliphatic carbocycles. The summed E-state index contributed by atoms with van der Waals surface area (Å²) >= 11 is 0. The molecule has 1 heterocycles. The Labute approximate surface area is 159 Å². The van der Waals surface area contributed by atoms with Crippen molar-refractivity contribution in [1.82, 2.24) is 10.2 Å². The van der Waals surface area contributed by atoms with E-state index in [0.29, 0.717) is 13.1 Å². The van der Waals surface area contributed by atoms with Crippen molar-refractivity contribution in [3.63, 3.8) is 0 Å². The first kappa shape index (κ1) is 20.8. The molecule has 1 aromatic rings. The second-order valence-corrected chi connectivity index (χ2v) is 6.87. The van der Waals surface area contributed by atoms with Gasteiger partial charge in [-0.2, -0.15) is 0 Å². The molecular formula is C19H28N4O4. The average molecular weight is 376 g/mol. The molecule has 0 unspecified atom stereocenters. The maximum Gasteiger partial charge on any atom is 0.292 e. The van der Waals surface area contributed by atoms with E-state index in [0.717, 1.165) is 38.6 Å². The van der Waals surface area contributed by atoms with Gasteiger partial charge in [0, 0.05) is 18.5 Å². The predicted molar refractivity (Wildman–Crippen MR) is 103 cm³/mol. The van der Waals surface area contributed by atoms with Crippen LogP contribution in [0.1, 0.15) is 39.0 Å². The zero-order valence-electron chi connectivity index (χ0n) is 15.8. The van der Waals surface area contributed by atoms with Crippen LogP contribution in [0.25, 0.3) is 0 Å². The van der Waals surface area contributed by atoms with Crippen molar-refractivity contribution in [2.75, 3.05) is 31.5 Å². The number of piperidine rings is 1. The monoisotopic (exact) mass is 376 g/mol. The molecule has 27 heavy (non-hydrogen) atoms. The van der Waals surface area contributed by atoms with Crippen LogP contribution in [-0.2, 0) is 9.59 Å². The molecule has 0 radical (unpaired) electrons. The molecule has 1 aliphatic rings. The van der Waals surface area contributed by atoms with Crippen molar-refractivity contribution >= 4 is 23.2 Å². The number of hydrogen-bond donors (Lipinski definition) is 2. The number of nitrogens with one attached hydrogen (secondary N) is 2. The Bertz CT molecular complexity index is 657. The molecular weight excluding hydrogens is 348 g/mol. The molecule has 2 amide bonds. The Kier molecular flexibility index (Phi) is 8.19. The Morgan fingerprint density at radius 2 is 1.93 bits per heavy atom. The summed E-state index contributed by atoms with van der Waals surface area (Å²) < 4.78 is 0. The first-order chi connectivity index (χ1) is 13.0. The molecule has 0 saturated carbocycles. The normalized spacial score (nSPS) is 15.3. The Morgan fingerprint density at radius 1 is 1.22 bits per heavy atom. The van der Waals surface area contributed by atoms with Gasteiger partial charge in [0.1, 0.15) is 5.69 Å². The van der Waals surface area contributed by atoms with E-state index in [2.05, 4.69) is 17.6 Å². The number of unbranched alkanes of at least 4 members (excludes halogenated alkanes) is 2. The van der Waals surface area contributed by atoms with E-state index < -0.39 is 4.92 Å². The van der Waals surface area contributed by atoms with Crippen LogP contribution < -0.4 is 10.6 Å². The molecule has 1 aromatic carbocycles. The largest absolute Gasteiger partial charge is 0.356 e. The van der Waals surface area contributed by atoms with Crippen LogP contribution in [0, 0.1) is 16.0 Å². The van der Waals surface area contributed by atoms with Crippen LogP contribution in [0.15, 0.2) is 24.3 Å². The molecule has 8 nitrogen and oxygen atoms in total. The summed E-state index contributed by atoms with van der Waals surface area (Å²) in [5.41, 5.74) is 0.0816. The molecule has 0 bridgehead atoms. The number of nitro benzene ring substituents is 1. The van der Waals surface area contributed by atoms with Crippen LogP contribution in [0.5, 0.6) is 0 Å². The van der Waals surface area contributed by atoms with Crippen LogP contribution in [0.3, 0.4) is 0 Å². The van der Waals surface area contributed by atoms with Gasteiger partial charge in [-0.1, -0.05) is 31.9 Å². The van der Waals surface area contributed by atoms with Crippen LogP contribution >= 0.6 is 0 Å². The molecule has 1 fully saturated rings. The van der Waals surface area contributed by atoms with Gasteiger partial charge in [0.25, 0.3) is 5.69 Å². The minimum Gasteiger partial charge on any atom is -0.356 e. The van der Waals surface area contributed by atoms with E-state index in [1.807, 2.05) is 4.90 Å². The lowest BCUT2D eigenvalue weighted by atomic mass is 9.96. The molecule has 0 atom stereocenters. The standard InChI is InChI=1S/C19H28N4O4/c1-2-3-6-11-20-19(25)15-9-12-22(13-10-15)14-18(24)21-16-7-4-5-8-17(16)23(26)27/h4-5,7-8,15H,2-3,6,9-14H2,1H3,(H,20,25)(H,21,24). The van der Waals surface area contributed by atoms with E-state index in [-0.39, 0.29) is 35.7 Å². The fourth-order valence-corrected chi connectivity index (χ4v) is 3.22. The highest BCUT2D eigenvalue weighted by Crippen LogP contribution is 2.23. The third-order valence-electron chi connectivity index (χ3n) is 4.78. The predicted octanol–water partition coefficient (Wildman–Crippen LogP) is 2.55. The van der Waals surface area contributed by atoms with Crippen molar-refractivity contribution in [2.45, 2.75) is 39.0 Å². The Balaban J connectivity index is 1.75. The van der Waals surface area contributed by atoms with Gasteiger partial charge in [0.05, 0.1) is 11.5 Å². The number of hydrogen-bond acceptors (Lipinski definition) is 5. The number of likely N-dealkylation sites (tertiary alicyclic amines) is 1. The van der Waals surface area contributed by atoms with Gasteiger partial charge in [0.15, 0.2) is 0 Å². The van der Waals surface area contributed by atoms with Crippen molar-refractivity contribution < 1.29 is 14.5 Å². The maximum absolute atomic E-state index is 12.2. The summed E-state index contributed by atoms with van der Waals surface area (Å²) in [5.74, 6) is -0.178. The summed E-state index contributed by atoms with van der Waals surface area (Å²) in [7, 11) is 0. The lowest BCUT2D eigenvalue weighted by Crippen LogP contribution is -2.43. The molecule has 1 saturated heterocycles. The number of carbonyl (C=O) groups is 2. The zero-order chi connectivity index (χ0) is 19.6. The van der Waals surface area contributed by atoms with E-state index in [4.69, 9.17) is 0 Å². The quantitative estimate of drug-likeness (QED) is 0.391. The van der Waals surface area contributed by atoms with Crippen molar-refractivity contribution in [3.8, 4) is 0 Å². The van der Waals surface area contributed by atoms with Gasteiger partial charge in [-0.05, 0) is 38.4 Å². The maximum atomic E-state index is 12.2. The summed E-state index contributed by atoms with van der Waals surface area (Å²) in [6.45, 7) is 4.35. The van der Waals surface area contributed by atoms with Crippen LogP contribution in [-0.4, -0.2) is 47.8 Å². The lowest BCUT2D eigenvalue weighted by Gasteiger charge is -2.30. The summed E-state index contributed by atoms with van der Waals surface area (Å²) in [5, 5.41) is 16.6. The number of nitrogens with zero attached hydrogens (tertiary/aromatic N) is 2. The zero-order valence-corrected chi connectivity index (χ0v) is 15.8. The summed E-state index contributed by atoms with van der Waals surface area (Å²) in [6.07, 6.45) is 4.69. The van der Waals surface area contributed by atoms with Crippen molar-refractivity contribution in [3.05, 3.63) is 34.4 Å². The van der Waals surface area contributed by atoms with E-state index in [1.54, 1.807) is 12.1 Å². The Morgan fingerprint density at radius 3 is 2.59 bits per heavy atom. The second kappa shape index (κ2) is 10.6. The number of amides is 2. The molecule has 1 aliphatic heterocycles. The number of para-hydroxylation sites is 2. The fourth-order valence-electron chi connectivity index (χ4n) is 3.22. The van der Waals surface area contributed by atoms with Gasteiger partial charge in [0.2, 0.25) is 11.8 Å². The van der Waals surface area contributed by atoms with Gasteiger partial charge in [-0.25, -0.2) is 0 Å². The summed E-state index contributed by atoms with van der Waals surface area (Å²) in [6, 6.07) is 6.09. The highest BCUT2D eigenvalue weighted by Gasteiger charge is 2.26. The summed E-state index contributed by atoms with van der Waals surface area (Å²) in [4.78, 5) is 36.9. The molecule has 2 rings (SSSR count). The molecule has 0 spiro atoms. The number of nitro groups is 1. The number of carbonyl (C=O) groups excluding carboxylic acids is 2. The van der Waals surface area contributed by atoms with Gasteiger partial charge in [-0.15, -0.1) is 0 Å². The van der Waals surface area contributed by atoms with Gasteiger partial charge >= 0.3 is 0 Å². The minimum absolute atomic E-state index is 0.00106. The molecule has 148 valence electrons. The van der Waals surface area contributed by atoms with Crippen molar-refractivity contribution in [1.29, 1.82) is 0 Å². The third-order valence-corrected chi connectivity index (χ3v) is 4.78. The highest BCUT2D eigenvalue weighted by atomic mass is 16.6. The highest BCUT2D eigenvalue weighted by molar-refractivity contribution is 5.94. The van der Waals surface area contributed by atoms with Gasteiger partial charge in [-0.3, -0.25) is 24.6 Å². The third kappa shape index (κ3) is 6.63. The molecule has 2 N–H and O–H groups in total. The van der Waals surface area contributed by atoms with E-state index in [9.17, 15) is 19.7 Å². The molecule has 8 heteroatoms. The van der Waals surface area contributed by atoms with Crippen LogP contribution in [0.4, 0.5) is 11.4 Å². The van der Waals surface area contributed by atoms with Crippen LogP contribution in [0.2, 0.25) is 0 Å². The average Bonchev–Trinajstić information content (AvgIpc) is 2.66. The second-order valence-electron chi connectivity index (χ2n) is 6.87. The topological polar surface area (TPSA) is 105 Å². The minimum atomic E-state index is -0.514. The SMILES string of the molecule is CCCCCNC(=O)C1CCN(CC(=O)Nc2ccccc2[N+](=O)[O-])CC1. The Hall–Kier alpha value is -2.48. The smallest absolute Gasteiger partial charge is 0.292 e. The van der Waals surface area contributed by atoms with Crippen molar-refractivity contribution in [2.24, 2.45) is 5.92 Å². The van der Waals surface area contributed by atoms with E-state index in [1.165, 1.54) is 12.1 Å². The first-order valence-corrected chi connectivity index (χ1v) is 9.54. The van der Waals surface area contributed by atoms with Gasteiger partial charge < -0.3 is 10.6 Å². The number of rotatable bonds is 9. The lowest BCUT2D eigenvalue weighted by molar-refractivity contribution is -0.383. The number of benzene rings is 1. The van der Waals surface area contributed by atoms with E-state index >= 15 is 0 Å². The number of anilines is 1. The first-order valence-electron chi connectivity index (χ1n) is 9.54. The fraction of sp³-hybridized carbons (Fsp3) is 0.579.